The van der Waals surface area contributed by atoms with Crippen molar-refractivity contribution in [2.45, 2.75) is 39.2 Å². The van der Waals surface area contributed by atoms with Gasteiger partial charge in [-0.1, -0.05) is 13.0 Å². The van der Waals surface area contributed by atoms with Crippen LogP contribution in [0.3, 0.4) is 0 Å². The van der Waals surface area contributed by atoms with Crippen LogP contribution in [0.25, 0.3) is 0 Å². The van der Waals surface area contributed by atoms with E-state index in [0.29, 0.717) is 6.04 Å². The molecule has 0 amide bonds. The molecule has 4 heteroatoms. The van der Waals surface area contributed by atoms with Gasteiger partial charge in [-0.15, -0.1) is 6.58 Å². The van der Waals surface area contributed by atoms with Crippen LogP contribution < -0.4 is 5.32 Å². The standard InChI is InChI=1S/C15H32N4/c1-7-9-10-12-19(6)15(16-4)17-11-13-18(5)14(3)8-2/h7,14H,1,8-13H2,2-6H3,(H,16,17). The molecule has 1 atom stereocenters. The lowest BCUT2D eigenvalue weighted by molar-refractivity contribution is 0.255. The molecule has 0 aromatic heterocycles. The van der Waals surface area contributed by atoms with Gasteiger partial charge in [0.25, 0.3) is 0 Å². The van der Waals surface area contributed by atoms with Crippen LogP contribution in [0.5, 0.6) is 0 Å². The molecule has 0 saturated carbocycles. The number of allylic oxidation sites excluding steroid dienone is 1. The summed E-state index contributed by atoms with van der Waals surface area (Å²) in [4.78, 5) is 8.86. The number of rotatable bonds is 9. The van der Waals surface area contributed by atoms with Gasteiger partial charge >= 0.3 is 0 Å². The Kier molecular flexibility index (Phi) is 10.3. The molecule has 0 aromatic carbocycles. The quantitative estimate of drug-likeness (QED) is 0.301. The first-order chi connectivity index (χ1) is 9.06. The molecule has 0 heterocycles. The van der Waals surface area contributed by atoms with E-state index in [9.17, 15) is 0 Å². The van der Waals surface area contributed by atoms with Gasteiger partial charge in [-0.05, 0) is 33.2 Å². The normalized spacial score (nSPS) is 13.5. The fraction of sp³-hybridized carbons (Fsp3) is 0.800. The van der Waals surface area contributed by atoms with Crippen molar-refractivity contribution in [3.63, 3.8) is 0 Å². The molecule has 1 N–H and O–H groups in total. The molecular weight excluding hydrogens is 236 g/mol. The average Bonchev–Trinajstić information content (AvgIpc) is 2.42. The number of unbranched alkanes of at least 4 members (excludes halogenated alkanes) is 1. The van der Waals surface area contributed by atoms with Gasteiger partial charge in [-0.3, -0.25) is 4.99 Å². The Balaban J connectivity index is 3.96. The van der Waals surface area contributed by atoms with Crippen LogP contribution in [-0.2, 0) is 0 Å². The maximum Gasteiger partial charge on any atom is 0.193 e. The Labute approximate surface area is 119 Å². The predicted octanol–water partition coefficient (Wildman–Crippen LogP) is 2.19. The van der Waals surface area contributed by atoms with Crippen molar-refractivity contribution in [2.75, 3.05) is 40.8 Å². The number of likely N-dealkylation sites (N-methyl/N-ethyl adjacent to an activating group) is 1. The summed E-state index contributed by atoms with van der Waals surface area (Å²) in [6.07, 6.45) is 5.32. The highest BCUT2D eigenvalue weighted by Crippen LogP contribution is 1.98. The average molecular weight is 268 g/mol. The van der Waals surface area contributed by atoms with Gasteiger partial charge < -0.3 is 15.1 Å². The van der Waals surface area contributed by atoms with Crippen molar-refractivity contribution in [3.8, 4) is 0 Å². The van der Waals surface area contributed by atoms with Crippen molar-refractivity contribution >= 4 is 5.96 Å². The van der Waals surface area contributed by atoms with Crippen LogP contribution in [-0.4, -0.2) is 62.6 Å². The highest BCUT2D eigenvalue weighted by atomic mass is 15.3. The minimum absolute atomic E-state index is 0.633. The van der Waals surface area contributed by atoms with Gasteiger partial charge in [0.2, 0.25) is 0 Å². The molecule has 0 aromatic rings. The highest BCUT2D eigenvalue weighted by Gasteiger charge is 2.08. The summed E-state index contributed by atoms with van der Waals surface area (Å²) in [5.74, 6) is 0.974. The molecule has 4 nitrogen and oxygen atoms in total. The molecule has 19 heavy (non-hydrogen) atoms. The first-order valence-electron chi connectivity index (χ1n) is 7.29. The maximum atomic E-state index is 4.32. The molecule has 0 rings (SSSR count). The Morgan fingerprint density at radius 3 is 2.58 bits per heavy atom. The van der Waals surface area contributed by atoms with E-state index in [4.69, 9.17) is 0 Å². The minimum atomic E-state index is 0.633. The number of hydrogen-bond donors (Lipinski definition) is 1. The summed E-state index contributed by atoms with van der Waals surface area (Å²) in [7, 11) is 6.09. The number of nitrogens with one attached hydrogen (secondary N) is 1. The van der Waals surface area contributed by atoms with Crippen LogP contribution >= 0.6 is 0 Å². The predicted molar refractivity (Wildman–Crippen MR) is 85.8 cm³/mol. The van der Waals surface area contributed by atoms with Gasteiger partial charge in [0, 0.05) is 39.8 Å². The van der Waals surface area contributed by atoms with Gasteiger partial charge in [-0.2, -0.15) is 0 Å². The van der Waals surface area contributed by atoms with Crippen LogP contribution in [0.15, 0.2) is 17.6 Å². The smallest absolute Gasteiger partial charge is 0.193 e. The van der Waals surface area contributed by atoms with E-state index in [1.165, 1.54) is 6.42 Å². The van der Waals surface area contributed by atoms with E-state index in [0.717, 1.165) is 38.4 Å². The van der Waals surface area contributed by atoms with Crippen molar-refractivity contribution in [2.24, 2.45) is 4.99 Å². The summed E-state index contributed by atoms with van der Waals surface area (Å²) in [6.45, 7) is 11.2. The molecule has 0 radical (unpaired) electrons. The zero-order chi connectivity index (χ0) is 14.7. The largest absolute Gasteiger partial charge is 0.355 e. The summed E-state index contributed by atoms with van der Waals surface area (Å²) >= 11 is 0. The van der Waals surface area contributed by atoms with E-state index < -0.39 is 0 Å². The lowest BCUT2D eigenvalue weighted by Crippen LogP contribution is -2.43. The van der Waals surface area contributed by atoms with E-state index >= 15 is 0 Å². The van der Waals surface area contributed by atoms with Crippen LogP contribution in [0.4, 0.5) is 0 Å². The lowest BCUT2D eigenvalue weighted by Gasteiger charge is -2.26. The fourth-order valence-electron chi connectivity index (χ4n) is 1.84. The molecule has 112 valence electrons. The minimum Gasteiger partial charge on any atom is -0.355 e. The third kappa shape index (κ3) is 7.88. The zero-order valence-electron chi connectivity index (χ0n) is 13.4. The third-order valence-electron chi connectivity index (χ3n) is 3.57. The van der Waals surface area contributed by atoms with Crippen molar-refractivity contribution in [1.29, 1.82) is 0 Å². The summed E-state index contributed by atoms with van der Waals surface area (Å²) in [5, 5.41) is 3.41. The van der Waals surface area contributed by atoms with E-state index in [-0.39, 0.29) is 0 Å². The second-order valence-corrected chi connectivity index (χ2v) is 5.06. The Morgan fingerprint density at radius 1 is 1.37 bits per heavy atom. The first-order valence-corrected chi connectivity index (χ1v) is 7.29. The van der Waals surface area contributed by atoms with E-state index in [2.05, 4.69) is 54.6 Å². The molecular formula is C15H32N4. The topological polar surface area (TPSA) is 30.9 Å². The second kappa shape index (κ2) is 10.9. The number of hydrogen-bond acceptors (Lipinski definition) is 2. The van der Waals surface area contributed by atoms with Crippen LogP contribution in [0.2, 0.25) is 0 Å². The molecule has 0 spiro atoms. The van der Waals surface area contributed by atoms with Gasteiger partial charge in [0.15, 0.2) is 5.96 Å². The van der Waals surface area contributed by atoms with Crippen molar-refractivity contribution in [1.82, 2.24) is 15.1 Å². The summed E-state index contributed by atoms with van der Waals surface area (Å²) in [5.41, 5.74) is 0. The number of aliphatic imine (C=N–C) groups is 1. The molecule has 1 unspecified atom stereocenters. The fourth-order valence-corrected chi connectivity index (χ4v) is 1.84. The van der Waals surface area contributed by atoms with Gasteiger partial charge in [0.1, 0.15) is 0 Å². The lowest BCUT2D eigenvalue weighted by atomic mass is 10.2. The monoisotopic (exact) mass is 268 g/mol. The SMILES string of the molecule is C=CCCCN(C)C(=NC)NCCN(C)C(C)CC. The van der Waals surface area contributed by atoms with E-state index in [1.54, 1.807) is 0 Å². The van der Waals surface area contributed by atoms with Crippen LogP contribution in [0.1, 0.15) is 33.1 Å². The second-order valence-electron chi connectivity index (χ2n) is 5.06. The number of nitrogens with zero attached hydrogens (tertiary/aromatic N) is 3. The molecule has 0 fully saturated rings. The first kappa shape index (κ1) is 18.0. The molecule has 0 aliphatic carbocycles. The van der Waals surface area contributed by atoms with Gasteiger partial charge in [-0.25, -0.2) is 0 Å². The highest BCUT2D eigenvalue weighted by molar-refractivity contribution is 5.79. The molecule has 0 aliphatic heterocycles. The maximum absolute atomic E-state index is 4.32. The Morgan fingerprint density at radius 2 is 2.05 bits per heavy atom. The molecule has 0 saturated heterocycles. The zero-order valence-corrected chi connectivity index (χ0v) is 13.4. The van der Waals surface area contributed by atoms with Crippen LogP contribution in [0, 0.1) is 0 Å². The summed E-state index contributed by atoms with van der Waals surface area (Å²) < 4.78 is 0. The van der Waals surface area contributed by atoms with Crippen molar-refractivity contribution < 1.29 is 0 Å². The van der Waals surface area contributed by atoms with E-state index in [1.807, 2.05) is 13.1 Å². The molecule has 0 bridgehead atoms. The number of guanidine groups is 1. The summed E-state index contributed by atoms with van der Waals surface area (Å²) in [6, 6.07) is 0.633. The Hall–Kier alpha value is -1.03. The van der Waals surface area contributed by atoms with Crippen molar-refractivity contribution in [3.05, 3.63) is 12.7 Å². The van der Waals surface area contributed by atoms with Gasteiger partial charge in [0.05, 0.1) is 0 Å². The molecule has 0 aliphatic rings. The Bertz CT molecular complexity index is 263. The third-order valence-corrected chi connectivity index (χ3v) is 3.57.